The summed E-state index contributed by atoms with van der Waals surface area (Å²) < 4.78 is 0. The summed E-state index contributed by atoms with van der Waals surface area (Å²) >= 11 is 0. The Bertz CT molecular complexity index is 602. The molecule has 3 aliphatic carbocycles. The maximum absolute atomic E-state index is 12.8. The SMILES string of the molecule is Cc1ccccc1N1C(=O)[C@@H]2[C@H](C1=O)[C@@H]1C=C[C@@H]2CC1. The Morgan fingerprint density at radius 1 is 0.950 bits per heavy atom. The number of aryl methyl sites for hydroxylation is 1. The van der Waals surface area contributed by atoms with Crippen LogP contribution in [0.3, 0.4) is 0 Å². The Kier molecular flexibility index (Phi) is 2.40. The highest BCUT2D eigenvalue weighted by molar-refractivity contribution is 6.22. The van der Waals surface area contributed by atoms with Crippen molar-refractivity contribution in [3.05, 3.63) is 42.0 Å². The monoisotopic (exact) mass is 267 g/mol. The lowest BCUT2D eigenvalue weighted by atomic mass is 9.63. The summed E-state index contributed by atoms with van der Waals surface area (Å²) in [6, 6.07) is 7.64. The van der Waals surface area contributed by atoms with E-state index in [4.69, 9.17) is 0 Å². The van der Waals surface area contributed by atoms with Gasteiger partial charge >= 0.3 is 0 Å². The zero-order valence-corrected chi connectivity index (χ0v) is 11.5. The summed E-state index contributed by atoms with van der Waals surface area (Å²) in [7, 11) is 0. The van der Waals surface area contributed by atoms with Crippen molar-refractivity contribution in [2.45, 2.75) is 19.8 Å². The van der Waals surface area contributed by atoms with E-state index in [1.54, 1.807) is 0 Å². The number of amides is 2. The van der Waals surface area contributed by atoms with Crippen LogP contribution in [0.5, 0.6) is 0 Å². The molecule has 0 radical (unpaired) electrons. The Hall–Kier alpha value is -1.90. The summed E-state index contributed by atoms with van der Waals surface area (Å²) in [6.07, 6.45) is 6.40. The first kappa shape index (κ1) is 11.9. The fourth-order valence-electron chi connectivity index (χ4n) is 4.13. The van der Waals surface area contributed by atoms with Gasteiger partial charge < -0.3 is 0 Å². The minimum absolute atomic E-state index is 0.00773. The molecular weight excluding hydrogens is 250 g/mol. The lowest BCUT2D eigenvalue weighted by Crippen LogP contribution is -2.38. The molecule has 1 aliphatic heterocycles. The van der Waals surface area contributed by atoms with Gasteiger partial charge in [0.25, 0.3) is 0 Å². The van der Waals surface area contributed by atoms with Gasteiger partial charge in [0.2, 0.25) is 11.8 Å². The molecule has 2 bridgehead atoms. The zero-order chi connectivity index (χ0) is 13.9. The van der Waals surface area contributed by atoms with E-state index in [-0.39, 0.29) is 35.5 Å². The van der Waals surface area contributed by atoms with Gasteiger partial charge in [-0.05, 0) is 43.2 Å². The molecule has 1 heterocycles. The molecule has 0 aromatic heterocycles. The van der Waals surface area contributed by atoms with Crippen molar-refractivity contribution in [3.8, 4) is 0 Å². The number of allylic oxidation sites excluding steroid dienone is 2. The first-order valence-corrected chi connectivity index (χ1v) is 7.30. The van der Waals surface area contributed by atoms with Gasteiger partial charge in [0, 0.05) is 0 Å². The fraction of sp³-hybridized carbons (Fsp3) is 0.412. The maximum Gasteiger partial charge on any atom is 0.238 e. The molecule has 3 heteroatoms. The molecule has 1 saturated heterocycles. The Balaban J connectivity index is 1.80. The third kappa shape index (κ3) is 1.41. The number of carbonyl (C=O) groups excluding carboxylic acids is 2. The molecule has 5 rings (SSSR count). The van der Waals surface area contributed by atoms with Crippen LogP contribution in [-0.2, 0) is 9.59 Å². The van der Waals surface area contributed by atoms with Crippen molar-refractivity contribution in [3.63, 3.8) is 0 Å². The van der Waals surface area contributed by atoms with Crippen molar-refractivity contribution in [1.29, 1.82) is 0 Å². The highest BCUT2D eigenvalue weighted by Crippen LogP contribution is 2.50. The van der Waals surface area contributed by atoms with E-state index in [1.165, 1.54) is 4.90 Å². The van der Waals surface area contributed by atoms with Gasteiger partial charge in [0.1, 0.15) is 0 Å². The number of nitrogens with zero attached hydrogens (tertiary/aromatic N) is 1. The standard InChI is InChI=1S/C17H17NO2/c1-10-4-2-3-5-13(10)18-16(19)14-11-6-7-12(9-8-11)15(14)17(18)20/h2-7,11-12,14-15H,8-9H2,1H3/t11-,12-,14-,15+/m1/s1. The van der Waals surface area contributed by atoms with E-state index >= 15 is 0 Å². The molecule has 1 saturated carbocycles. The normalized spacial score (nSPS) is 34.8. The second kappa shape index (κ2) is 4.05. The first-order valence-electron chi connectivity index (χ1n) is 7.30. The van der Waals surface area contributed by atoms with E-state index < -0.39 is 0 Å². The molecule has 20 heavy (non-hydrogen) atoms. The third-order valence-electron chi connectivity index (χ3n) is 5.12. The number of carbonyl (C=O) groups is 2. The molecule has 0 spiro atoms. The smallest absolute Gasteiger partial charge is 0.238 e. The molecule has 1 aromatic carbocycles. The molecule has 4 atom stereocenters. The van der Waals surface area contributed by atoms with Crippen LogP contribution >= 0.6 is 0 Å². The summed E-state index contributed by atoms with van der Waals surface area (Å²) in [5.41, 5.74) is 1.74. The Labute approximate surface area is 118 Å². The largest absolute Gasteiger partial charge is 0.274 e. The van der Waals surface area contributed by atoms with Crippen LogP contribution in [0.2, 0.25) is 0 Å². The number of anilines is 1. The number of para-hydroxylation sites is 1. The maximum atomic E-state index is 12.8. The molecule has 3 nitrogen and oxygen atoms in total. The lowest BCUT2D eigenvalue weighted by Gasteiger charge is -2.38. The highest BCUT2D eigenvalue weighted by Gasteiger charge is 2.56. The summed E-state index contributed by atoms with van der Waals surface area (Å²) in [6.45, 7) is 1.95. The van der Waals surface area contributed by atoms with Crippen LogP contribution in [0.4, 0.5) is 5.69 Å². The predicted octanol–water partition coefficient (Wildman–Crippen LogP) is 2.70. The fourth-order valence-corrected chi connectivity index (χ4v) is 4.13. The van der Waals surface area contributed by atoms with Gasteiger partial charge in [-0.25, -0.2) is 4.90 Å². The first-order chi connectivity index (χ1) is 9.68. The number of hydrogen-bond acceptors (Lipinski definition) is 2. The van der Waals surface area contributed by atoms with Gasteiger partial charge in [0.05, 0.1) is 17.5 Å². The molecule has 2 amide bonds. The van der Waals surface area contributed by atoms with Gasteiger partial charge in [0.15, 0.2) is 0 Å². The number of fused-ring (bicyclic) bond motifs is 1. The molecule has 102 valence electrons. The van der Waals surface area contributed by atoms with Crippen molar-refractivity contribution in [2.24, 2.45) is 23.7 Å². The van der Waals surface area contributed by atoms with Crippen LogP contribution in [0.1, 0.15) is 18.4 Å². The number of imide groups is 1. The van der Waals surface area contributed by atoms with Crippen molar-refractivity contribution in [2.75, 3.05) is 4.90 Å². The summed E-state index contributed by atoms with van der Waals surface area (Å²) in [5.74, 6) is 0.296. The number of rotatable bonds is 1. The average Bonchev–Trinajstić information content (AvgIpc) is 2.75. The van der Waals surface area contributed by atoms with Crippen LogP contribution in [0.15, 0.2) is 36.4 Å². The highest BCUT2D eigenvalue weighted by atomic mass is 16.2. The van der Waals surface area contributed by atoms with Crippen molar-refractivity contribution >= 4 is 17.5 Å². The van der Waals surface area contributed by atoms with E-state index in [2.05, 4.69) is 12.2 Å². The average molecular weight is 267 g/mol. The second-order valence-electron chi connectivity index (χ2n) is 6.14. The van der Waals surface area contributed by atoms with Gasteiger partial charge in [-0.3, -0.25) is 9.59 Å². The predicted molar refractivity (Wildman–Crippen MR) is 76.0 cm³/mol. The van der Waals surface area contributed by atoms with Crippen LogP contribution in [-0.4, -0.2) is 11.8 Å². The van der Waals surface area contributed by atoms with Crippen LogP contribution in [0, 0.1) is 30.6 Å². The Morgan fingerprint density at radius 2 is 1.50 bits per heavy atom. The van der Waals surface area contributed by atoms with E-state index in [0.29, 0.717) is 0 Å². The molecule has 1 aromatic rings. The van der Waals surface area contributed by atoms with Crippen molar-refractivity contribution in [1.82, 2.24) is 0 Å². The van der Waals surface area contributed by atoms with E-state index in [1.807, 2.05) is 31.2 Å². The van der Waals surface area contributed by atoms with Crippen LogP contribution < -0.4 is 4.90 Å². The number of benzene rings is 1. The van der Waals surface area contributed by atoms with Crippen molar-refractivity contribution < 1.29 is 9.59 Å². The lowest BCUT2D eigenvalue weighted by molar-refractivity contribution is -0.124. The Morgan fingerprint density at radius 3 is 2.00 bits per heavy atom. The molecule has 0 N–H and O–H groups in total. The van der Waals surface area contributed by atoms with Gasteiger partial charge in [-0.2, -0.15) is 0 Å². The van der Waals surface area contributed by atoms with Crippen LogP contribution in [0.25, 0.3) is 0 Å². The van der Waals surface area contributed by atoms with E-state index in [0.717, 1.165) is 24.1 Å². The summed E-state index contributed by atoms with van der Waals surface area (Å²) in [4.78, 5) is 27.0. The van der Waals surface area contributed by atoms with Gasteiger partial charge in [-0.15, -0.1) is 0 Å². The zero-order valence-electron chi connectivity index (χ0n) is 11.5. The molecule has 0 unspecified atom stereocenters. The quantitative estimate of drug-likeness (QED) is 0.579. The minimum Gasteiger partial charge on any atom is -0.274 e. The summed E-state index contributed by atoms with van der Waals surface area (Å²) in [5, 5.41) is 0. The second-order valence-corrected chi connectivity index (χ2v) is 6.14. The van der Waals surface area contributed by atoms with E-state index in [9.17, 15) is 9.59 Å². The molecular formula is C17H17NO2. The molecule has 4 aliphatic rings. The topological polar surface area (TPSA) is 37.4 Å². The van der Waals surface area contributed by atoms with Gasteiger partial charge in [-0.1, -0.05) is 30.4 Å². The molecule has 2 fully saturated rings. The number of hydrogen-bond donors (Lipinski definition) is 0. The third-order valence-corrected chi connectivity index (χ3v) is 5.12. The minimum atomic E-state index is -0.120.